The number of aliphatic hydroxyl groups excluding tert-OH is 2. The molecule has 1 saturated heterocycles. The Labute approximate surface area is 173 Å². The fraction of sp³-hybridized carbons (Fsp3) is 0.600. The van der Waals surface area contributed by atoms with Crippen molar-refractivity contribution in [3.8, 4) is 0 Å². The van der Waals surface area contributed by atoms with E-state index in [1.54, 1.807) is 35.1 Å². The van der Waals surface area contributed by atoms with Crippen LogP contribution in [0.2, 0.25) is 0 Å². The molecule has 0 spiro atoms. The van der Waals surface area contributed by atoms with Crippen molar-refractivity contribution in [2.75, 3.05) is 19.8 Å². The summed E-state index contributed by atoms with van der Waals surface area (Å²) < 4.78 is 84.6. The lowest BCUT2D eigenvalue weighted by Gasteiger charge is -2.43. The third-order valence-electron chi connectivity index (χ3n) is 4.00. The van der Waals surface area contributed by atoms with Crippen molar-refractivity contribution in [3.05, 3.63) is 35.9 Å². The average Bonchev–Trinajstić information content (AvgIpc) is 2.65. The molecule has 0 aliphatic carbocycles. The predicted molar refractivity (Wildman–Crippen MR) is 98.7 cm³/mol. The second-order valence-electron chi connectivity index (χ2n) is 6.22. The summed E-state index contributed by atoms with van der Waals surface area (Å²) in [6, 6.07) is 7.07. The fourth-order valence-corrected chi connectivity index (χ4v) is 3.69. The van der Waals surface area contributed by atoms with Crippen LogP contribution in [0.3, 0.4) is 0 Å². The van der Waals surface area contributed by atoms with Gasteiger partial charge in [-0.3, -0.25) is 9.11 Å². The average molecular weight is 473 g/mol. The van der Waals surface area contributed by atoms with Crippen LogP contribution in [0.25, 0.3) is 0 Å². The van der Waals surface area contributed by atoms with Crippen LogP contribution in [0.4, 0.5) is 0 Å². The molecule has 0 amide bonds. The van der Waals surface area contributed by atoms with E-state index in [0.717, 1.165) is 0 Å². The van der Waals surface area contributed by atoms with Gasteiger partial charge in [-0.1, -0.05) is 30.3 Å². The monoisotopic (exact) mass is 473 g/mol. The van der Waals surface area contributed by atoms with E-state index in [-0.39, 0.29) is 13.2 Å². The van der Waals surface area contributed by atoms with Gasteiger partial charge < -0.3 is 24.4 Å². The van der Waals surface area contributed by atoms with Crippen molar-refractivity contribution in [3.63, 3.8) is 0 Å². The van der Waals surface area contributed by atoms with Crippen molar-refractivity contribution in [2.45, 2.75) is 37.3 Å². The molecule has 5 N–H and O–H groups in total. The molecule has 13 nitrogen and oxygen atoms in total. The van der Waals surface area contributed by atoms with Gasteiger partial charge in [-0.05, 0) is 5.56 Å². The van der Waals surface area contributed by atoms with Gasteiger partial charge in [0.1, 0.15) is 24.4 Å². The highest BCUT2D eigenvalue weighted by atomic mass is 32.3. The molecule has 2 rings (SSSR count). The minimum atomic E-state index is -4.86. The van der Waals surface area contributed by atoms with Crippen LogP contribution in [0.15, 0.2) is 30.3 Å². The van der Waals surface area contributed by atoms with Gasteiger partial charge in [0.15, 0.2) is 6.29 Å². The van der Waals surface area contributed by atoms with Crippen LogP contribution < -0.4 is 4.72 Å². The number of rotatable bonds is 11. The van der Waals surface area contributed by atoms with E-state index in [1.165, 1.54) is 0 Å². The normalized spacial score (nSPS) is 27.8. The van der Waals surface area contributed by atoms with Crippen LogP contribution in [0, 0.1) is 0 Å². The first-order chi connectivity index (χ1) is 14.0. The second kappa shape index (κ2) is 10.9. The van der Waals surface area contributed by atoms with E-state index in [0.29, 0.717) is 5.56 Å². The van der Waals surface area contributed by atoms with Crippen LogP contribution in [-0.4, -0.2) is 86.6 Å². The minimum Gasteiger partial charge on any atom is -0.394 e. The molecule has 0 radical (unpaired) electrons. The Morgan fingerprint density at radius 1 is 1.07 bits per heavy atom. The lowest BCUT2D eigenvalue weighted by atomic mass is 9.97. The van der Waals surface area contributed by atoms with E-state index < -0.39 is 64.6 Å². The molecular weight excluding hydrogens is 450 g/mol. The van der Waals surface area contributed by atoms with Crippen molar-refractivity contribution in [1.29, 1.82) is 0 Å². The van der Waals surface area contributed by atoms with Crippen LogP contribution in [-0.2, 0) is 45.7 Å². The van der Waals surface area contributed by atoms with Gasteiger partial charge in [0.25, 0.3) is 0 Å². The molecule has 1 heterocycles. The summed E-state index contributed by atoms with van der Waals surface area (Å²) in [5.74, 6) is 0. The quantitative estimate of drug-likeness (QED) is 0.227. The SMILES string of the molecule is O=S(=O)(O)N[C@H]1[C@@H](OCCO)O[C@H](COS(=O)(=O)O)[C@@H](OCc2ccccc2)[C@@H]1O. The third-order valence-corrected chi connectivity index (χ3v) is 5.00. The molecular formula is C15H23NO12S2. The summed E-state index contributed by atoms with van der Waals surface area (Å²) in [4.78, 5) is 0. The summed E-state index contributed by atoms with van der Waals surface area (Å²) >= 11 is 0. The molecule has 1 aliphatic rings. The van der Waals surface area contributed by atoms with Crippen LogP contribution >= 0.6 is 0 Å². The van der Waals surface area contributed by atoms with Crippen molar-refractivity contribution in [2.24, 2.45) is 0 Å². The lowest BCUT2D eigenvalue weighted by Crippen LogP contribution is -2.65. The van der Waals surface area contributed by atoms with Crippen LogP contribution in [0.5, 0.6) is 0 Å². The van der Waals surface area contributed by atoms with Gasteiger partial charge >= 0.3 is 20.7 Å². The lowest BCUT2D eigenvalue weighted by molar-refractivity contribution is -0.277. The Morgan fingerprint density at radius 3 is 2.30 bits per heavy atom. The molecule has 172 valence electrons. The van der Waals surface area contributed by atoms with Crippen LogP contribution in [0.1, 0.15) is 5.56 Å². The van der Waals surface area contributed by atoms with Gasteiger partial charge in [0.2, 0.25) is 0 Å². The Balaban J connectivity index is 2.25. The first kappa shape index (κ1) is 25.0. The molecule has 1 aromatic carbocycles. The maximum Gasteiger partial charge on any atom is 0.397 e. The molecule has 30 heavy (non-hydrogen) atoms. The Kier molecular flexibility index (Phi) is 9.07. The van der Waals surface area contributed by atoms with Gasteiger partial charge in [0.05, 0.1) is 26.4 Å². The van der Waals surface area contributed by atoms with E-state index in [4.69, 9.17) is 28.4 Å². The Hall–Kier alpha value is -1.24. The Bertz CT molecular complexity index is 861. The Morgan fingerprint density at radius 2 is 1.73 bits per heavy atom. The summed E-state index contributed by atoms with van der Waals surface area (Å²) in [6.07, 6.45) is -5.96. The molecule has 0 bridgehead atoms. The summed E-state index contributed by atoms with van der Waals surface area (Å²) in [6.45, 7) is -1.68. The highest BCUT2D eigenvalue weighted by Crippen LogP contribution is 2.26. The number of nitrogens with one attached hydrogen (secondary N) is 1. The predicted octanol–water partition coefficient (Wildman–Crippen LogP) is -1.75. The maximum atomic E-state index is 11.3. The van der Waals surface area contributed by atoms with Crippen molar-refractivity contribution >= 4 is 20.7 Å². The zero-order chi connectivity index (χ0) is 22.4. The number of ether oxygens (including phenoxy) is 3. The van der Waals surface area contributed by atoms with E-state index in [2.05, 4.69) is 4.18 Å². The van der Waals surface area contributed by atoms with Crippen molar-refractivity contribution < 1.29 is 54.5 Å². The molecule has 1 aromatic rings. The molecule has 0 unspecified atom stereocenters. The number of hydrogen-bond donors (Lipinski definition) is 5. The van der Waals surface area contributed by atoms with Gasteiger partial charge in [-0.25, -0.2) is 4.18 Å². The fourth-order valence-electron chi connectivity index (χ4n) is 2.79. The van der Waals surface area contributed by atoms with Gasteiger partial charge in [-0.2, -0.15) is 21.6 Å². The van der Waals surface area contributed by atoms with E-state index in [1.807, 2.05) is 0 Å². The zero-order valence-corrected chi connectivity index (χ0v) is 17.1. The smallest absolute Gasteiger partial charge is 0.394 e. The summed E-state index contributed by atoms with van der Waals surface area (Å²) in [7, 11) is -9.67. The molecule has 0 aromatic heterocycles. The van der Waals surface area contributed by atoms with E-state index >= 15 is 0 Å². The molecule has 1 aliphatic heterocycles. The molecule has 15 heteroatoms. The number of benzene rings is 1. The topological polar surface area (TPSA) is 198 Å². The zero-order valence-electron chi connectivity index (χ0n) is 15.5. The molecule has 5 atom stereocenters. The molecule has 1 fully saturated rings. The minimum absolute atomic E-state index is 0.0743. The highest BCUT2D eigenvalue weighted by molar-refractivity contribution is 7.83. The maximum absolute atomic E-state index is 11.3. The largest absolute Gasteiger partial charge is 0.397 e. The summed E-state index contributed by atoms with van der Waals surface area (Å²) in [5, 5.41) is 19.6. The standard InChI is InChI=1S/C15H23NO12S2/c17-6-7-25-15-12(16-29(19,20)21)13(18)14(11(28-15)9-27-30(22,23)24)26-8-10-4-2-1-3-5-10/h1-5,11-18H,6-9H2,(H,19,20,21)(H,22,23,24)/t11-,12-,13-,14-,15+/m1/s1. The van der Waals surface area contributed by atoms with E-state index in [9.17, 15) is 21.9 Å². The summed E-state index contributed by atoms with van der Waals surface area (Å²) in [5.41, 5.74) is 0.678. The van der Waals surface area contributed by atoms with Crippen molar-refractivity contribution in [1.82, 2.24) is 4.72 Å². The third kappa shape index (κ3) is 8.12. The number of hydrogen-bond acceptors (Lipinski definition) is 10. The molecule has 0 saturated carbocycles. The van der Waals surface area contributed by atoms with Gasteiger partial charge in [0, 0.05) is 0 Å². The second-order valence-corrected chi connectivity index (χ2v) is 8.50. The van der Waals surface area contributed by atoms with Gasteiger partial charge in [-0.15, -0.1) is 0 Å². The number of aliphatic hydroxyl groups is 2. The first-order valence-electron chi connectivity index (χ1n) is 8.58. The highest BCUT2D eigenvalue weighted by Gasteiger charge is 2.48. The first-order valence-corrected chi connectivity index (χ1v) is 11.4.